The van der Waals surface area contributed by atoms with E-state index in [1.807, 2.05) is 24.3 Å². The van der Waals surface area contributed by atoms with E-state index >= 15 is 0 Å². The van der Waals surface area contributed by atoms with Crippen molar-refractivity contribution in [3.05, 3.63) is 52.8 Å². The molecule has 1 aliphatic rings. The van der Waals surface area contributed by atoms with Gasteiger partial charge in [0, 0.05) is 17.7 Å². The molecule has 0 bridgehead atoms. The Morgan fingerprint density at radius 2 is 1.96 bits per heavy atom. The van der Waals surface area contributed by atoms with E-state index in [4.69, 9.17) is 5.11 Å². The van der Waals surface area contributed by atoms with Gasteiger partial charge in [0.15, 0.2) is 0 Å². The Balaban J connectivity index is 1.64. The van der Waals surface area contributed by atoms with Crippen LogP contribution in [0.1, 0.15) is 47.4 Å². The molecular formula is C19H25N3O3. The third kappa shape index (κ3) is 4.08. The number of aromatic nitrogens is 2. The zero-order valence-corrected chi connectivity index (χ0v) is 14.8. The van der Waals surface area contributed by atoms with Crippen molar-refractivity contribution < 1.29 is 15.0 Å². The predicted molar refractivity (Wildman–Crippen MR) is 94.0 cm³/mol. The quantitative estimate of drug-likeness (QED) is 0.837. The Kier molecular flexibility index (Phi) is 4.92. The molecular weight excluding hydrogens is 318 g/mol. The molecule has 0 fully saturated rings. The van der Waals surface area contributed by atoms with Gasteiger partial charge >= 0.3 is 0 Å². The first kappa shape index (κ1) is 17.6. The van der Waals surface area contributed by atoms with E-state index in [1.54, 1.807) is 29.6 Å². The van der Waals surface area contributed by atoms with Crippen molar-refractivity contribution in [2.45, 2.75) is 51.9 Å². The summed E-state index contributed by atoms with van der Waals surface area (Å²) in [5.41, 5.74) is 3.15. The number of aliphatic hydroxyl groups excluding tert-OH is 1. The zero-order chi connectivity index (χ0) is 18.0. The molecule has 0 spiro atoms. The largest absolute Gasteiger partial charge is 0.394 e. The molecule has 2 aromatic rings. The van der Waals surface area contributed by atoms with Gasteiger partial charge < -0.3 is 15.1 Å². The number of hydrogen-bond acceptors (Lipinski definition) is 4. The third-order valence-corrected chi connectivity index (χ3v) is 4.56. The van der Waals surface area contributed by atoms with Gasteiger partial charge in [-0.2, -0.15) is 5.10 Å². The number of nitrogens with zero attached hydrogens (tertiary/aromatic N) is 3. The molecule has 3 rings (SSSR count). The second-order valence-corrected chi connectivity index (χ2v) is 7.23. The lowest BCUT2D eigenvalue weighted by Crippen LogP contribution is -2.26. The summed E-state index contributed by atoms with van der Waals surface area (Å²) >= 11 is 0. The van der Waals surface area contributed by atoms with Gasteiger partial charge in [0.1, 0.15) is 0 Å². The number of rotatable bonds is 6. The van der Waals surface area contributed by atoms with Gasteiger partial charge in [-0.25, -0.2) is 0 Å². The summed E-state index contributed by atoms with van der Waals surface area (Å²) in [5, 5.41) is 23.1. The van der Waals surface area contributed by atoms with Gasteiger partial charge in [-0.05, 0) is 44.4 Å². The molecule has 1 amide bonds. The minimum absolute atomic E-state index is 0.000728. The van der Waals surface area contributed by atoms with Crippen molar-refractivity contribution in [2.75, 3.05) is 6.61 Å². The number of aliphatic hydroxyl groups is 2. The fraction of sp³-hybridized carbons (Fsp3) is 0.474. The van der Waals surface area contributed by atoms with Gasteiger partial charge in [-0.1, -0.05) is 12.1 Å². The number of fused-ring (bicyclic) bond motifs is 1. The van der Waals surface area contributed by atoms with E-state index in [0.717, 1.165) is 23.2 Å². The van der Waals surface area contributed by atoms with Crippen LogP contribution in [-0.4, -0.2) is 43.0 Å². The first-order chi connectivity index (χ1) is 11.9. The molecule has 2 heterocycles. The molecule has 0 radical (unpaired) electrons. The third-order valence-electron chi connectivity index (χ3n) is 4.56. The first-order valence-electron chi connectivity index (χ1n) is 8.62. The molecule has 6 nitrogen and oxygen atoms in total. The van der Waals surface area contributed by atoms with E-state index in [-0.39, 0.29) is 12.5 Å². The minimum Gasteiger partial charge on any atom is -0.394 e. The lowest BCUT2D eigenvalue weighted by atomic mass is 9.98. The highest BCUT2D eigenvalue weighted by molar-refractivity contribution is 5.94. The lowest BCUT2D eigenvalue weighted by molar-refractivity contribution is 0.0711. The molecule has 0 atom stereocenters. The SMILES string of the molecule is CC(C)(O)CCc1ccc(C(=O)N2Cc3cnn(CCO)c3C2)cc1. The zero-order valence-electron chi connectivity index (χ0n) is 14.8. The number of carbonyl (C=O) groups is 1. The minimum atomic E-state index is -0.682. The molecule has 0 aliphatic carbocycles. The van der Waals surface area contributed by atoms with Crippen molar-refractivity contribution in [2.24, 2.45) is 0 Å². The molecule has 0 saturated heterocycles. The van der Waals surface area contributed by atoms with Gasteiger partial charge in [0.05, 0.1) is 37.2 Å². The highest BCUT2D eigenvalue weighted by Gasteiger charge is 2.27. The Labute approximate surface area is 147 Å². The Bertz CT molecular complexity index is 744. The summed E-state index contributed by atoms with van der Waals surface area (Å²) in [6, 6.07) is 7.61. The summed E-state index contributed by atoms with van der Waals surface area (Å²) < 4.78 is 1.77. The van der Waals surface area contributed by atoms with E-state index < -0.39 is 5.60 Å². The van der Waals surface area contributed by atoms with Gasteiger partial charge in [-0.3, -0.25) is 9.48 Å². The van der Waals surface area contributed by atoms with Crippen LogP contribution in [0.3, 0.4) is 0 Å². The summed E-state index contributed by atoms with van der Waals surface area (Å²) in [6.07, 6.45) is 3.24. The Hall–Kier alpha value is -2.18. The normalized spacial score (nSPS) is 14.0. The van der Waals surface area contributed by atoms with Crippen LogP contribution >= 0.6 is 0 Å². The van der Waals surface area contributed by atoms with Gasteiger partial charge in [0.2, 0.25) is 0 Å². The van der Waals surface area contributed by atoms with Gasteiger partial charge in [-0.15, -0.1) is 0 Å². The smallest absolute Gasteiger partial charge is 0.254 e. The number of hydrogen-bond donors (Lipinski definition) is 2. The maximum atomic E-state index is 12.7. The van der Waals surface area contributed by atoms with Crippen molar-refractivity contribution >= 4 is 5.91 Å². The topological polar surface area (TPSA) is 78.6 Å². The summed E-state index contributed by atoms with van der Waals surface area (Å²) in [4.78, 5) is 14.5. The molecule has 134 valence electrons. The summed E-state index contributed by atoms with van der Waals surface area (Å²) in [6.45, 7) is 5.16. The molecule has 0 saturated carbocycles. The van der Waals surface area contributed by atoms with Crippen LogP contribution in [0.5, 0.6) is 0 Å². The second kappa shape index (κ2) is 6.98. The fourth-order valence-electron chi connectivity index (χ4n) is 3.08. The highest BCUT2D eigenvalue weighted by Crippen LogP contribution is 2.24. The Morgan fingerprint density at radius 1 is 1.24 bits per heavy atom. The maximum Gasteiger partial charge on any atom is 0.254 e. The van der Waals surface area contributed by atoms with E-state index in [2.05, 4.69) is 5.10 Å². The number of amides is 1. The van der Waals surface area contributed by atoms with Crippen LogP contribution in [0.4, 0.5) is 0 Å². The van der Waals surface area contributed by atoms with Crippen molar-refractivity contribution in [1.82, 2.24) is 14.7 Å². The fourth-order valence-corrected chi connectivity index (χ4v) is 3.08. The van der Waals surface area contributed by atoms with Gasteiger partial charge in [0.25, 0.3) is 5.91 Å². The average molecular weight is 343 g/mol. The predicted octanol–water partition coefficient (Wildman–Crippen LogP) is 1.73. The first-order valence-corrected chi connectivity index (χ1v) is 8.62. The number of carbonyl (C=O) groups excluding carboxylic acids is 1. The van der Waals surface area contributed by atoms with E-state index in [0.29, 0.717) is 31.6 Å². The Morgan fingerprint density at radius 3 is 2.60 bits per heavy atom. The summed E-state index contributed by atoms with van der Waals surface area (Å²) in [7, 11) is 0. The molecule has 1 aliphatic heterocycles. The molecule has 0 unspecified atom stereocenters. The van der Waals surface area contributed by atoms with Crippen LogP contribution in [-0.2, 0) is 26.1 Å². The molecule has 1 aromatic heterocycles. The van der Waals surface area contributed by atoms with Crippen LogP contribution < -0.4 is 0 Å². The van der Waals surface area contributed by atoms with Crippen LogP contribution in [0.25, 0.3) is 0 Å². The number of aryl methyl sites for hydroxylation is 1. The van der Waals surface area contributed by atoms with Crippen molar-refractivity contribution in [3.63, 3.8) is 0 Å². The van der Waals surface area contributed by atoms with Crippen LogP contribution in [0.2, 0.25) is 0 Å². The standard InChI is InChI=1S/C19H25N3O3/c1-19(2,25)8-7-14-3-5-15(6-4-14)18(24)21-12-16-11-20-22(9-10-23)17(16)13-21/h3-6,11,23,25H,7-10,12-13H2,1-2H3. The highest BCUT2D eigenvalue weighted by atomic mass is 16.3. The van der Waals surface area contributed by atoms with Crippen molar-refractivity contribution in [1.29, 1.82) is 0 Å². The molecule has 25 heavy (non-hydrogen) atoms. The second-order valence-electron chi connectivity index (χ2n) is 7.23. The molecule has 1 aromatic carbocycles. The lowest BCUT2D eigenvalue weighted by Gasteiger charge is -2.18. The molecule has 2 N–H and O–H groups in total. The maximum absolute atomic E-state index is 12.7. The molecule has 6 heteroatoms. The van der Waals surface area contributed by atoms with Crippen LogP contribution in [0.15, 0.2) is 30.5 Å². The van der Waals surface area contributed by atoms with E-state index in [1.165, 1.54) is 0 Å². The number of benzene rings is 1. The van der Waals surface area contributed by atoms with Crippen molar-refractivity contribution in [3.8, 4) is 0 Å². The summed E-state index contributed by atoms with van der Waals surface area (Å²) in [5.74, 6) is 0.000728. The average Bonchev–Trinajstić information content (AvgIpc) is 3.14. The monoisotopic (exact) mass is 343 g/mol. The van der Waals surface area contributed by atoms with E-state index in [9.17, 15) is 9.90 Å². The van der Waals surface area contributed by atoms with Crippen LogP contribution in [0, 0.1) is 0 Å².